The molecule has 1 atom stereocenters. The minimum absolute atomic E-state index is 0.191. The number of H-pyrrole nitrogens is 1. The van der Waals surface area contributed by atoms with Crippen molar-refractivity contribution >= 4 is 10.9 Å². The first-order valence-electron chi connectivity index (χ1n) is 8.45. The van der Waals surface area contributed by atoms with Gasteiger partial charge in [0.1, 0.15) is 5.82 Å². The number of rotatable bonds is 2. The lowest BCUT2D eigenvalue weighted by Gasteiger charge is -2.41. The Labute approximate surface area is 135 Å². The Morgan fingerprint density at radius 3 is 3.04 bits per heavy atom. The highest BCUT2D eigenvalue weighted by Crippen LogP contribution is 2.30. The molecule has 124 valence electrons. The fourth-order valence-electron chi connectivity index (χ4n) is 4.26. The minimum Gasteiger partial charge on any atom is -0.387 e. The van der Waals surface area contributed by atoms with Gasteiger partial charge in [-0.05, 0) is 50.2 Å². The van der Waals surface area contributed by atoms with E-state index >= 15 is 0 Å². The number of hydrogen-bond donors (Lipinski definition) is 2. The van der Waals surface area contributed by atoms with Crippen LogP contribution in [0.1, 0.15) is 24.1 Å². The molecule has 2 aromatic rings. The highest BCUT2D eigenvalue weighted by atomic mass is 19.1. The van der Waals surface area contributed by atoms with Gasteiger partial charge in [0.25, 0.3) is 0 Å². The van der Waals surface area contributed by atoms with E-state index in [4.69, 9.17) is 0 Å². The first-order chi connectivity index (χ1) is 11.0. The summed E-state index contributed by atoms with van der Waals surface area (Å²) in [6, 6.07) is 4.94. The maximum absolute atomic E-state index is 13.6. The second kappa shape index (κ2) is 5.58. The number of benzene rings is 1. The van der Waals surface area contributed by atoms with Crippen molar-refractivity contribution in [1.82, 2.24) is 14.8 Å². The number of piperidine rings is 1. The highest BCUT2D eigenvalue weighted by molar-refractivity contribution is 5.84. The van der Waals surface area contributed by atoms with E-state index in [0.717, 1.165) is 56.3 Å². The molecule has 1 fully saturated rings. The fraction of sp³-hybridized carbons (Fsp3) is 0.556. The number of aromatic nitrogens is 1. The van der Waals surface area contributed by atoms with Crippen molar-refractivity contribution in [3.63, 3.8) is 0 Å². The summed E-state index contributed by atoms with van der Waals surface area (Å²) in [4.78, 5) is 7.95. The second-order valence-electron chi connectivity index (χ2n) is 7.30. The van der Waals surface area contributed by atoms with Crippen molar-refractivity contribution in [3.8, 4) is 0 Å². The molecule has 0 radical (unpaired) electrons. The zero-order chi connectivity index (χ0) is 16.0. The molecule has 5 heteroatoms. The number of nitrogens with zero attached hydrogens (tertiary/aromatic N) is 2. The van der Waals surface area contributed by atoms with Gasteiger partial charge >= 0.3 is 0 Å². The van der Waals surface area contributed by atoms with E-state index in [1.165, 1.54) is 17.3 Å². The van der Waals surface area contributed by atoms with Gasteiger partial charge in [0.05, 0.1) is 5.60 Å². The Morgan fingerprint density at radius 2 is 2.22 bits per heavy atom. The van der Waals surface area contributed by atoms with Gasteiger partial charge in [-0.1, -0.05) is 0 Å². The van der Waals surface area contributed by atoms with E-state index in [9.17, 15) is 9.50 Å². The van der Waals surface area contributed by atoms with Crippen LogP contribution in [0.5, 0.6) is 0 Å². The van der Waals surface area contributed by atoms with Crippen LogP contribution in [0.4, 0.5) is 4.39 Å². The van der Waals surface area contributed by atoms with Crippen molar-refractivity contribution < 1.29 is 9.50 Å². The summed E-state index contributed by atoms with van der Waals surface area (Å²) in [6.45, 7) is 4.21. The third-order valence-electron chi connectivity index (χ3n) is 5.28. The van der Waals surface area contributed by atoms with Crippen molar-refractivity contribution in [1.29, 1.82) is 0 Å². The lowest BCUT2D eigenvalue weighted by molar-refractivity contribution is -0.0495. The lowest BCUT2D eigenvalue weighted by atomic mass is 9.91. The average molecular weight is 317 g/mol. The van der Waals surface area contributed by atoms with Crippen LogP contribution in [0.2, 0.25) is 0 Å². The molecule has 1 aromatic heterocycles. The topological polar surface area (TPSA) is 42.5 Å². The van der Waals surface area contributed by atoms with Crippen LogP contribution in [0.3, 0.4) is 0 Å². The quantitative estimate of drug-likeness (QED) is 0.892. The minimum atomic E-state index is -0.623. The molecule has 2 N–H and O–H groups in total. The second-order valence-corrected chi connectivity index (χ2v) is 7.30. The first-order valence-corrected chi connectivity index (χ1v) is 8.45. The zero-order valence-corrected chi connectivity index (χ0v) is 13.6. The molecule has 23 heavy (non-hydrogen) atoms. The monoisotopic (exact) mass is 317 g/mol. The standard InChI is InChI=1S/C18H24FN3O/c1-21-7-2-6-18(23,11-21)12-22-8-5-17-15(10-22)14-9-13(19)3-4-16(14)20-17/h3-4,9,20,23H,2,5-8,10-12H2,1H3/t18-/m0/s1. The molecule has 2 aliphatic heterocycles. The van der Waals surface area contributed by atoms with Crippen LogP contribution in [0, 0.1) is 5.82 Å². The van der Waals surface area contributed by atoms with Crippen molar-refractivity contribution in [2.45, 2.75) is 31.4 Å². The number of likely N-dealkylation sites (tertiary alicyclic amines) is 1. The van der Waals surface area contributed by atoms with Gasteiger partial charge in [-0.2, -0.15) is 0 Å². The number of fused-ring (bicyclic) bond motifs is 3. The smallest absolute Gasteiger partial charge is 0.123 e. The summed E-state index contributed by atoms with van der Waals surface area (Å²) >= 11 is 0. The number of nitrogens with one attached hydrogen (secondary N) is 1. The Morgan fingerprint density at radius 1 is 1.35 bits per heavy atom. The Bertz CT molecular complexity index is 728. The van der Waals surface area contributed by atoms with Gasteiger partial charge in [0.15, 0.2) is 0 Å². The van der Waals surface area contributed by atoms with E-state index in [1.807, 2.05) is 6.07 Å². The van der Waals surface area contributed by atoms with Crippen LogP contribution in [-0.4, -0.2) is 58.7 Å². The highest BCUT2D eigenvalue weighted by Gasteiger charge is 2.35. The van der Waals surface area contributed by atoms with Crippen LogP contribution < -0.4 is 0 Å². The molecular formula is C18H24FN3O. The summed E-state index contributed by atoms with van der Waals surface area (Å²) in [5.41, 5.74) is 2.80. The Hall–Kier alpha value is -1.43. The number of halogens is 1. The molecular weight excluding hydrogens is 293 g/mol. The SMILES string of the molecule is CN1CCC[C@@](O)(CN2CCc3[nH]c4ccc(F)cc4c3C2)C1. The predicted octanol–water partition coefficient (Wildman–Crippen LogP) is 2.12. The molecule has 0 amide bonds. The largest absolute Gasteiger partial charge is 0.387 e. The van der Waals surface area contributed by atoms with Crippen molar-refractivity contribution in [3.05, 3.63) is 35.3 Å². The summed E-state index contributed by atoms with van der Waals surface area (Å²) in [6.07, 6.45) is 2.84. The maximum Gasteiger partial charge on any atom is 0.123 e. The number of aliphatic hydroxyl groups is 1. The summed E-state index contributed by atoms with van der Waals surface area (Å²) in [7, 11) is 2.07. The fourth-order valence-corrected chi connectivity index (χ4v) is 4.26. The van der Waals surface area contributed by atoms with E-state index in [0.29, 0.717) is 6.54 Å². The van der Waals surface area contributed by atoms with Gasteiger partial charge < -0.3 is 15.0 Å². The van der Waals surface area contributed by atoms with Crippen LogP contribution in [-0.2, 0) is 13.0 Å². The molecule has 0 spiro atoms. The Kier molecular flexibility index (Phi) is 3.67. The number of likely N-dealkylation sites (N-methyl/N-ethyl adjacent to an activating group) is 1. The number of hydrogen-bond acceptors (Lipinski definition) is 3. The molecule has 4 nitrogen and oxygen atoms in total. The third kappa shape index (κ3) is 2.89. The average Bonchev–Trinajstić information content (AvgIpc) is 2.84. The normalized spacial score (nSPS) is 26.6. The number of β-amino-alcohol motifs (C(OH)–C–C–N with tert-alkyl or cyclic N) is 1. The lowest BCUT2D eigenvalue weighted by Crippen LogP contribution is -2.53. The van der Waals surface area contributed by atoms with Gasteiger partial charge in [-0.3, -0.25) is 4.90 Å². The van der Waals surface area contributed by atoms with Crippen LogP contribution >= 0.6 is 0 Å². The van der Waals surface area contributed by atoms with Crippen LogP contribution in [0.15, 0.2) is 18.2 Å². The van der Waals surface area contributed by atoms with E-state index in [2.05, 4.69) is 21.8 Å². The molecule has 0 unspecified atom stereocenters. The summed E-state index contributed by atoms with van der Waals surface area (Å²) in [5, 5.41) is 11.9. The molecule has 2 aliphatic rings. The van der Waals surface area contributed by atoms with E-state index < -0.39 is 5.60 Å². The van der Waals surface area contributed by atoms with Gasteiger partial charge in [0, 0.05) is 49.2 Å². The van der Waals surface area contributed by atoms with Crippen LogP contribution in [0.25, 0.3) is 10.9 Å². The molecule has 0 bridgehead atoms. The Balaban J connectivity index is 1.56. The predicted molar refractivity (Wildman–Crippen MR) is 88.9 cm³/mol. The van der Waals surface area contributed by atoms with Gasteiger partial charge in [-0.25, -0.2) is 4.39 Å². The summed E-state index contributed by atoms with van der Waals surface area (Å²) in [5.74, 6) is -0.191. The number of aromatic amines is 1. The summed E-state index contributed by atoms with van der Waals surface area (Å²) < 4.78 is 13.6. The molecule has 1 saturated heterocycles. The zero-order valence-electron chi connectivity index (χ0n) is 13.6. The molecule has 4 rings (SSSR count). The van der Waals surface area contributed by atoms with E-state index in [1.54, 1.807) is 6.07 Å². The first kappa shape index (κ1) is 15.1. The third-order valence-corrected chi connectivity index (χ3v) is 5.28. The van der Waals surface area contributed by atoms with Gasteiger partial charge in [-0.15, -0.1) is 0 Å². The molecule has 1 aromatic carbocycles. The molecule has 3 heterocycles. The van der Waals surface area contributed by atoms with E-state index in [-0.39, 0.29) is 5.82 Å². The van der Waals surface area contributed by atoms with Crippen molar-refractivity contribution in [2.75, 3.05) is 33.2 Å². The van der Waals surface area contributed by atoms with Gasteiger partial charge in [0.2, 0.25) is 0 Å². The van der Waals surface area contributed by atoms with Crippen molar-refractivity contribution in [2.24, 2.45) is 0 Å². The molecule has 0 saturated carbocycles. The maximum atomic E-state index is 13.6. The molecule has 0 aliphatic carbocycles.